The molecular weight excluding hydrogens is 422 g/mol. The van der Waals surface area contributed by atoms with E-state index in [0.29, 0.717) is 56.4 Å². The zero-order chi connectivity index (χ0) is 24.2. The van der Waals surface area contributed by atoms with Crippen LogP contribution in [0.3, 0.4) is 0 Å². The molecule has 1 fully saturated rings. The van der Waals surface area contributed by atoms with Crippen LogP contribution in [-0.2, 0) is 6.54 Å². The van der Waals surface area contributed by atoms with Crippen LogP contribution in [0.25, 0.3) is 0 Å². The Morgan fingerprint density at radius 3 is 2.33 bits per heavy atom. The number of aromatic amines is 1. The van der Waals surface area contributed by atoms with Crippen molar-refractivity contribution in [2.24, 2.45) is 5.92 Å². The third kappa shape index (κ3) is 6.24. The Kier molecular flexibility index (Phi) is 7.61. The number of nitriles is 1. The molecule has 33 heavy (non-hydrogen) atoms. The van der Waals surface area contributed by atoms with Gasteiger partial charge < -0.3 is 14.7 Å². The summed E-state index contributed by atoms with van der Waals surface area (Å²) in [5.41, 5.74) is -1.05. The fourth-order valence-electron chi connectivity index (χ4n) is 3.90. The van der Waals surface area contributed by atoms with E-state index in [2.05, 4.69) is 20.9 Å². The number of ether oxygens (including phenoxy) is 1. The van der Waals surface area contributed by atoms with E-state index >= 15 is 0 Å². The van der Waals surface area contributed by atoms with Crippen molar-refractivity contribution in [2.45, 2.75) is 45.9 Å². The van der Waals surface area contributed by atoms with Crippen LogP contribution in [0.1, 0.15) is 33.3 Å². The van der Waals surface area contributed by atoms with Gasteiger partial charge in [-0.1, -0.05) is 13.8 Å². The zero-order valence-electron chi connectivity index (χ0n) is 19.7. The molecular formula is C24H33N5O4. The minimum atomic E-state index is -0.824. The summed E-state index contributed by atoms with van der Waals surface area (Å²) in [6.07, 6.45) is -0.738. The van der Waals surface area contributed by atoms with Gasteiger partial charge >= 0.3 is 5.69 Å². The highest BCUT2D eigenvalue weighted by Crippen LogP contribution is 2.23. The summed E-state index contributed by atoms with van der Waals surface area (Å²) >= 11 is 0. The first-order valence-corrected chi connectivity index (χ1v) is 11.3. The van der Waals surface area contributed by atoms with Gasteiger partial charge in [0.2, 0.25) is 0 Å². The number of H-pyrrole nitrogens is 1. The number of nitrogens with one attached hydrogen (secondary N) is 1. The van der Waals surface area contributed by atoms with Gasteiger partial charge in [-0.15, -0.1) is 0 Å². The molecule has 0 amide bonds. The normalized spacial score (nSPS) is 16.0. The van der Waals surface area contributed by atoms with Crippen molar-refractivity contribution in [2.75, 3.05) is 37.6 Å². The molecule has 1 atom stereocenters. The molecule has 1 aromatic heterocycles. The topological polar surface area (TPSA) is 115 Å². The van der Waals surface area contributed by atoms with Crippen molar-refractivity contribution in [1.82, 2.24) is 14.5 Å². The molecule has 2 N–H and O–H groups in total. The predicted octanol–water partition coefficient (Wildman–Crippen LogP) is 1.40. The molecule has 0 aliphatic carbocycles. The van der Waals surface area contributed by atoms with Crippen LogP contribution in [0.15, 0.2) is 39.9 Å². The van der Waals surface area contributed by atoms with E-state index < -0.39 is 17.3 Å². The number of piperazine rings is 1. The number of nitrogens with zero attached hydrogens (tertiary/aromatic N) is 4. The van der Waals surface area contributed by atoms with Gasteiger partial charge in [0.15, 0.2) is 0 Å². The number of aliphatic hydroxyl groups excluding tert-OH is 1. The van der Waals surface area contributed by atoms with E-state index in [-0.39, 0.29) is 11.6 Å². The first-order valence-electron chi connectivity index (χ1n) is 11.3. The maximum absolute atomic E-state index is 12.4. The summed E-state index contributed by atoms with van der Waals surface area (Å²) in [5, 5.41) is 19.8. The monoisotopic (exact) mass is 455 g/mol. The third-order valence-electron chi connectivity index (χ3n) is 5.85. The maximum atomic E-state index is 12.4. The van der Waals surface area contributed by atoms with Crippen molar-refractivity contribution >= 4 is 5.82 Å². The van der Waals surface area contributed by atoms with Gasteiger partial charge in [-0.3, -0.25) is 19.2 Å². The van der Waals surface area contributed by atoms with Gasteiger partial charge in [-0.2, -0.15) is 5.26 Å². The van der Waals surface area contributed by atoms with Gasteiger partial charge in [0.1, 0.15) is 23.3 Å². The van der Waals surface area contributed by atoms with E-state index in [1.54, 1.807) is 28.8 Å². The van der Waals surface area contributed by atoms with Gasteiger partial charge in [0.25, 0.3) is 5.56 Å². The minimum absolute atomic E-state index is 0.266. The summed E-state index contributed by atoms with van der Waals surface area (Å²) in [6, 6.07) is 10.4. The van der Waals surface area contributed by atoms with Crippen molar-refractivity contribution in [3.8, 4) is 11.8 Å². The molecule has 0 saturated carbocycles. The minimum Gasteiger partial charge on any atom is -0.485 e. The van der Waals surface area contributed by atoms with Crippen LogP contribution in [0, 0.1) is 17.2 Å². The first-order chi connectivity index (χ1) is 15.6. The number of hydrogen-bond acceptors (Lipinski definition) is 7. The van der Waals surface area contributed by atoms with Gasteiger partial charge in [-0.05, 0) is 44.0 Å². The van der Waals surface area contributed by atoms with Crippen molar-refractivity contribution in [3.63, 3.8) is 0 Å². The van der Waals surface area contributed by atoms with Crippen LogP contribution in [0.2, 0.25) is 0 Å². The number of hydrogen-bond donors (Lipinski definition) is 2. The van der Waals surface area contributed by atoms with Crippen LogP contribution in [0.4, 0.5) is 5.82 Å². The van der Waals surface area contributed by atoms with Gasteiger partial charge in [0.05, 0.1) is 11.6 Å². The zero-order valence-corrected chi connectivity index (χ0v) is 19.7. The van der Waals surface area contributed by atoms with E-state index in [0.717, 1.165) is 0 Å². The lowest BCUT2D eigenvalue weighted by molar-refractivity contribution is -0.0449. The fraction of sp³-hybridized carbons (Fsp3) is 0.542. The summed E-state index contributed by atoms with van der Waals surface area (Å²) in [7, 11) is 0. The first kappa shape index (κ1) is 24.6. The predicted molar refractivity (Wildman–Crippen MR) is 127 cm³/mol. The van der Waals surface area contributed by atoms with Crippen LogP contribution < -0.4 is 20.9 Å². The van der Waals surface area contributed by atoms with Crippen LogP contribution in [-0.4, -0.2) is 64.0 Å². The lowest BCUT2D eigenvalue weighted by Crippen LogP contribution is -2.54. The lowest BCUT2D eigenvalue weighted by Gasteiger charge is -2.40. The van der Waals surface area contributed by atoms with Crippen molar-refractivity contribution in [3.05, 3.63) is 56.7 Å². The second-order valence-electron chi connectivity index (χ2n) is 9.45. The number of β-amino-alcohol motifs (C(OH)–C–C–N with tert-alkyl or cyclic N) is 1. The van der Waals surface area contributed by atoms with Gasteiger partial charge in [-0.25, -0.2) is 4.79 Å². The fourth-order valence-corrected chi connectivity index (χ4v) is 3.90. The van der Waals surface area contributed by atoms with Crippen LogP contribution in [0.5, 0.6) is 5.75 Å². The number of benzene rings is 1. The molecule has 178 valence electrons. The molecule has 2 heterocycles. The molecule has 1 unspecified atom stereocenters. The SMILES string of the molecule is CC(C)Cn1c(N2CCN(CC(O)C(C)(C)Oc3ccc(C#N)cc3)CC2)cc(=O)[nH]c1=O. The number of anilines is 1. The highest BCUT2D eigenvalue weighted by Gasteiger charge is 2.33. The lowest BCUT2D eigenvalue weighted by atomic mass is 10.0. The molecule has 0 radical (unpaired) electrons. The van der Waals surface area contributed by atoms with Crippen LogP contribution >= 0.6 is 0 Å². The number of aromatic nitrogens is 2. The summed E-state index contributed by atoms with van der Waals surface area (Å²) in [5.74, 6) is 1.50. The summed E-state index contributed by atoms with van der Waals surface area (Å²) < 4.78 is 7.63. The third-order valence-corrected chi connectivity index (χ3v) is 5.85. The van der Waals surface area contributed by atoms with E-state index in [4.69, 9.17) is 10.00 Å². The molecule has 1 aromatic carbocycles. The Morgan fingerprint density at radius 2 is 1.76 bits per heavy atom. The number of rotatable bonds is 8. The molecule has 2 aromatic rings. The Morgan fingerprint density at radius 1 is 1.12 bits per heavy atom. The standard InChI is InChI=1S/C24H33N5O4/c1-17(2)15-29-22(13-21(31)26-23(29)32)28-11-9-27(10-12-28)16-20(30)24(3,4)33-19-7-5-18(14-25)6-8-19/h5-8,13,17,20,30H,9-12,15-16H2,1-4H3,(H,26,31,32). The molecule has 3 rings (SSSR count). The average Bonchev–Trinajstić information content (AvgIpc) is 2.76. The molecule has 0 bridgehead atoms. The Balaban J connectivity index is 1.61. The Labute approximate surface area is 193 Å². The average molecular weight is 456 g/mol. The summed E-state index contributed by atoms with van der Waals surface area (Å²) in [4.78, 5) is 30.8. The van der Waals surface area contributed by atoms with Crippen molar-refractivity contribution < 1.29 is 9.84 Å². The van der Waals surface area contributed by atoms with E-state index in [1.807, 2.05) is 27.7 Å². The molecule has 1 aliphatic heterocycles. The highest BCUT2D eigenvalue weighted by molar-refractivity contribution is 5.39. The highest BCUT2D eigenvalue weighted by atomic mass is 16.5. The Hall–Kier alpha value is -3.09. The molecule has 9 nitrogen and oxygen atoms in total. The molecule has 9 heteroatoms. The maximum Gasteiger partial charge on any atom is 0.329 e. The second-order valence-corrected chi connectivity index (χ2v) is 9.45. The Bertz CT molecular complexity index is 1090. The largest absolute Gasteiger partial charge is 0.485 e. The van der Waals surface area contributed by atoms with Gasteiger partial charge in [0, 0.05) is 45.3 Å². The molecule has 0 spiro atoms. The quantitative estimate of drug-likeness (QED) is 0.618. The summed E-state index contributed by atoms with van der Waals surface area (Å²) in [6.45, 7) is 11.4. The molecule has 1 saturated heterocycles. The molecule has 1 aliphatic rings. The van der Waals surface area contributed by atoms with E-state index in [1.165, 1.54) is 6.07 Å². The smallest absolute Gasteiger partial charge is 0.329 e. The second kappa shape index (κ2) is 10.2. The van der Waals surface area contributed by atoms with Crippen molar-refractivity contribution in [1.29, 1.82) is 5.26 Å². The number of aliphatic hydroxyl groups is 1. The van der Waals surface area contributed by atoms with E-state index in [9.17, 15) is 14.7 Å².